The molecule has 0 amide bonds. The Kier molecular flexibility index (Phi) is 4.39. The van der Waals surface area contributed by atoms with Crippen LogP contribution in [0.15, 0.2) is 12.7 Å². The van der Waals surface area contributed by atoms with Crippen LogP contribution in [-0.4, -0.2) is 25.2 Å². The van der Waals surface area contributed by atoms with Crippen molar-refractivity contribution in [3.8, 4) is 0 Å². The van der Waals surface area contributed by atoms with Crippen molar-refractivity contribution < 1.29 is 19.1 Å². The number of ether oxygens (including phenoxy) is 2. The molecule has 2 aliphatic rings. The molecule has 1 saturated carbocycles. The summed E-state index contributed by atoms with van der Waals surface area (Å²) in [6.07, 6.45) is 6.67. The second kappa shape index (κ2) is 6.03. The molecule has 100 valence electrons. The molecule has 2 fully saturated rings. The van der Waals surface area contributed by atoms with Crippen LogP contribution in [0.3, 0.4) is 0 Å². The smallest absolute Gasteiger partial charge is 0.330 e. The van der Waals surface area contributed by atoms with Crippen molar-refractivity contribution in [3.05, 3.63) is 12.7 Å². The van der Waals surface area contributed by atoms with Gasteiger partial charge in [-0.05, 0) is 24.7 Å². The number of cyclic esters (lactones) is 1. The van der Waals surface area contributed by atoms with E-state index >= 15 is 0 Å². The molecule has 1 heterocycles. The summed E-state index contributed by atoms with van der Waals surface area (Å²) in [5, 5.41) is 0. The van der Waals surface area contributed by atoms with Crippen LogP contribution in [0.4, 0.5) is 0 Å². The molecule has 0 radical (unpaired) electrons. The first-order valence-corrected chi connectivity index (χ1v) is 6.66. The second-order valence-corrected chi connectivity index (χ2v) is 5.20. The van der Waals surface area contributed by atoms with E-state index < -0.39 is 5.97 Å². The molecule has 4 heteroatoms. The Morgan fingerprint density at radius 2 is 2.11 bits per heavy atom. The van der Waals surface area contributed by atoms with Crippen molar-refractivity contribution in [2.45, 2.75) is 32.1 Å². The van der Waals surface area contributed by atoms with Gasteiger partial charge in [0.05, 0.1) is 12.5 Å². The molecule has 0 bridgehead atoms. The van der Waals surface area contributed by atoms with E-state index in [1.54, 1.807) is 0 Å². The summed E-state index contributed by atoms with van der Waals surface area (Å²) in [5.41, 5.74) is 0. The lowest BCUT2D eigenvalue weighted by Gasteiger charge is -2.29. The lowest BCUT2D eigenvalue weighted by atomic mass is 9.76. The molecule has 3 unspecified atom stereocenters. The highest BCUT2D eigenvalue weighted by Crippen LogP contribution is 2.37. The van der Waals surface area contributed by atoms with Gasteiger partial charge in [0.25, 0.3) is 0 Å². The molecule has 0 spiro atoms. The Hall–Kier alpha value is -1.32. The molecule has 1 aliphatic carbocycles. The molecule has 2 rings (SSSR count). The van der Waals surface area contributed by atoms with Crippen molar-refractivity contribution in [1.29, 1.82) is 0 Å². The molecule has 0 aromatic heterocycles. The number of hydrogen-bond acceptors (Lipinski definition) is 4. The van der Waals surface area contributed by atoms with Crippen LogP contribution >= 0.6 is 0 Å². The predicted molar refractivity (Wildman–Crippen MR) is 65.7 cm³/mol. The fourth-order valence-electron chi connectivity index (χ4n) is 2.96. The molecule has 1 saturated heterocycles. The summed E-state index contributed by atoms with van der Waals surface area (Å²) in [5.74, 6) is 0.0379. The van der Waals surface area contributed by atoms with E-state index in [1.165, 1.54) is 12.8 Å². The van der Waals surface area contributed by atoms with Crippen LogP contribution < -0.4 is 0 Å². The Morgan fingerprint density at radius 3 is 2.83 bits per heavy atom. The summed E-state index contributed by atoms with van der Waals surface area (Å²) in [6, 6.07) is 0. The van der Waals surface area contributed by atoms with E-state index in [-0.39, 0.29) is 18.5 Å². The minimum Gasteiger partial charge on any atom is -0.465 e. The predicted octanol–water partition coefficient (Wildman–Crippen LogP) is 2.09. The van der Waals surface area contributed by atoms with Crippen molar-refractivity contribution in [3.63, 3.8) is 0 Å². The first kappa shape index (κ1) is 13.1. The standard InChI is InChI=1S/C14H20O4/c1-2-13(15)17-9-12-7-10-5-3-4-6-11(10)8-18-14(12)16/h2,10-12H,1,3-9H2. The number of esters is 2. The molecule has 18 heavy (non-hydrogen) atoms. The molecule has 0 aromatic carbocycles. The highest BCUT2D eigenvalue weighted by atomic mass is 16.5. The highest BCUT2D eigenvalue weighted by molar-refractivity contribution is 5.81. The van der Waals surface area contributed by atoms with Gasteiger partial charge in [-0.3, -0.25) is 4.79 Å². The Balaban J connectivity index is 1.94. The molecule has 1 aliphatic heterocycles. The Labute approximate surface area is 107 Å². The van der Waals surface area contributed by atoms with Gasteiger partial charge < -0.3 is 9.47 Å². The third-order valence-electron chi connectivity index (χ3n) is 4.02. The first-order valence-electron chi connectivity index (χ1n) is 6.66. The number of fused-ring (bicyclic) bond motifs is 1. The number of carbonyl (C=O) groups is 2. The summed E-state index contributed by atoms with van der Waals surface area (Å²) < 4.78 is 10.3. The second-order valence-electron chi connectivity index (χ2n) is 5.20. The van der Waals surface area contributed by atoms with Gasteiger partial charge in [0.2, 0.25) is 0 Å². The summed E-state index contributed by atoms with van der Waals surface area (Å²) in [7, 11) is 0. The fraction of sp³-hybridized carbons (Fsp3) is 0.714. The minimum atomic E-state index is -0.479. The number of rotatable bonds is 3. The van der Waals surface area contributed by atoms with Gasteiger partial charge in [-0.25, -0.2) is 4.79 Å². The topological polar surface area (TPSA) is 52.6 Å². The average molecular weight is 252 g/mol. The van der Waals surface area contributed by atoms with Gasteiger partial charge in [0, 0.05) is 6.08 Å². The lowest BCUT2D eigenvalue weighted by molar-refractivity contribution is -0.152. The van der Waals surface area contributed by atoms with Crippen molar-refractivity contribution in [2.75, 3.05) is 13.2 Å². The summed E-state index contributed by atoms with van der Waals surface area (Å²) in [4.78, 5) is 22.9. The van der Waals surface area contributed by atoms with E-state index in [4.69, 9.17) is 9.47 Å². The molecular formula is C14H20O4. The van der Waals surface area contributed by atoms with E-state index in [1.807, 2.05) is 0 Å². The van der Waals surface area contributed by atoms with Crippen molar-refractivity contribution >= 4 is 11.9 Å². The quantitative estimate of drug-likeness (QED) is 0.570. The molecule has 0 aromatic rings. The Bertz CT molecular complexity index is 337. The van der Waals surface area contributed by atoms with E-state index in [2.05, 4.69) is 6.58 Å². The molecular weight excluding hydrogens is 232 g/mol. The van der Waals surface area contributed by atoms with Gasteiger partial charge >= 0.3 is 11.9 Å². The minimum absolute atomic E-state index is 0.118. The van der Waals surface area contributed by atoms with Gasteiger partial charge in [0.1, 0.15) is 6.61 Å². The maximum Gasteiger partial charge on any atom is 0.330 e. The zero-order valence-corrected chi connectivity index (χ0v) is 10.6. The third-order valence-corrected chi connectivity index (χ3v) is 4.02. The number of carbonyl (C=O) groups excluding carboxylic acids is 2. The van der Waals surface area contributed by atoms with Crippen molar-refractivity contribution in [1.82, 2.24) is 0 Å². The lowest BCUT2D eigenvalue weighted by Crippen LogP contribution is -2.25. The van der Waals surface area contributed by atoms with Crippen LogP contribution in [0.5, 0.6) is 0 Å². The first-order chi connectivity index (χ1) is 8.70. The van der Waals surface area contributed by atoms with Crippen LogP contribution in [0, 0.1) is 17.8 Å². The maximum absolute atomic E-state index is 11.8. The van der Waals surface area contributed by atoms with E-state index in [9.17, 15) is 9.59 Å². The van der Waals surface area contributed by atoms with Gasteiger partial charge in [-0.2, -0.15) is 0 Å². The van der Waals surface area contributed by atoms with Crippen molar-refractivity contribution in [2.24, 2.45) is 17.8 Å². The largest absolute Gasteiger partial charge is 0.465 e. The normalized spacial score (nSPS) is 31.8. The van der Waals surface area contributed by atoms with Crippen LogP contribution in [0.2, 0.25) is 0 Å². The summed E-state index contributed by atoms with van der Waals surface area (Å²) in [6.45, 7) is 3.99. The van der Waals surface area contributed by atoms with Crippen LogP contribution in [0.25, 0.3) is 0 Å². The van der Waals surface area contributed by atoms with Crippen LogP contribution in [0.1, 0.15) is 32.1 Å². The SMILES string of the molecule is C=CC(=O)OCC1CC2CCCCC2COC1=O. The summed E-state index contributed by atoms with van der Waals surface area (Å²) >= 11 is 0. The Morgan fingerprint density at radius 1 is 1.39 bits per heavy atom. The highest BCUT2D eigenvalue weighted by Gasteiger charge is 2.35. The van der Waals surface area contributed by atoms with Gasteiger partial charge in [0.15, 0.2) is 0 Å². The van der Waals surface area contributed by atoms with Gasteiger partial charge in [-0.15, -0.1) is 0 Å². The van der Waals surface area contributed by atoms with Gasteiger partial charge in [-0.1, -0.05) is 25.8 Å². The van der Waals surface area contributed by atoms with E-state index in [0.717, 1.165) is 25.3 Å². The van der Waals surface area contributed by atoms with E-state index in [0.29, 0.717) is 18.4 Å². The number of hydrogen-bond donors (Lipinski definition) is 0. The molecule has 4 nitrogen and oxygen atoms in total. The maximum atomic E-state index is 11.8. The average Bonchev–Trinajstić information content (AvgIpc) is 2.56. The molecule has 3 atom stereocenters. The third kappa shape index (κ3) is 3.12. The van der Waals surface area contributed by atoms with Crippen LogP contribution in [-0.2, 0) is 19.1 Å². The molecule has 0 N–H and O–H groups in total. The fourth-order valence-corrected chi connectivity index (χ4v) is 2.96. The monoisotopic (exact) mass is 252 g/mol. The zero-order valence-electron chi connectivity index (χ0n) is 10.6. The zero-order chi connectivity index (χ0) is 13.0.